The number of rotatable bonds is 4. The minimum Gasteiger partial charge on any atom is -0.493 e. The highest BCUT2D eigenvalue weighted by molar-refractivity contribution is 5.96. The molecule has 0 fully saturated rings. The van der Waals surface area contributed by atoms with Gasteiger partial charge in [0.15, 0.2) is 5.78 Å². The van der Waals surface area contributed by atoms with Crippen molar-refractivity contribution >= 4 is 5.78 Å². The Kier molecular flexibility index (Phi) is 3.82. The molecule has 2 rings (SSSR count). The van der Waals surface area contributed by atoms with Crippen molar-refractivity contribution in [2.45, 2.75) is 39.5 Å². The number of ether oxygens (including phenoxy) is 1. The zero-order chi connectivity index (χ0) is 12.3. The first-order valence-electron chi connectivity index (χ1n) is 6.46. The third-order valence-electron chi connectivity index (χ3n) is 3.18. The minimum atomic E-state index is 0.257. The van der Waals surface area contributed by atoms with Crippen LogP contribution >= 0.6 is 0 Å². The van der Waals surface area contributed by atoms with Gasteiger partial charge in [0.05, 0.1) is 6.61 Å². The molecule has 0 saturated carbocycles. The quantitative estimate of drug-likeness (QED) is 0.741. The van der Waals surface area contributed by atoms with Gasteiger partial charge in [-0.15, -0.1) is 0 Å². The zero-order valence-corrected chi connectivity index (χ0v) is 10.7. The van der Waals surface area contributed by atoms with Crippen LogP contribution in [0.4, 0.5) is 0 Å². The molecule has 1 heterocycles. The third-order valence-corrected chi connectivity index (χ3v) is 3.18. The number of carbonyl (C=O) groups is 1. The molecule has 0 unspecified atom stereocenters. The maximum Gasteiger partial charge on any atom is 0.162 e. The Hall–Kier alpha value is -1.31. The average Bonchev–Trinajstić information content (AvgIpc) is 2.35. The second-order valence-electron chi connectivity index (χ2n) is 5.13. The zero-order valence-electron chi connectivity index (χ0n) is 10.7. The topological polar surface area (TPSA) is 26.3 Å². The molecule has 1 aromatic carbocycles. The van der Waals surface area contributed by atoms with E-state index in [1.54, 1.807) is 0 Å². The number of fused-ring (bicyclic) bond motifs is 1. The van der Waals surface area contributed by atoms with Crippen LogP contribution in [0.15, 0.2) is 18.2 Å². The summed E-state index contributed by atoms with van der Waals surface area (Å²) in [4.78, 5) is 12.0. The Bertz CT molecular complexity index is 407. The van der Waals surface area contributed by atoms with E-state index in [4.69, 9.17) is 4.74 Å². The molecule has 0 N–H and O–H groups in total. The molecule has 0 amide bonds. The van der Waals surface area contributed by atoms with Crippen LogP contribution in [-0.4, -0.2) is 12.4 Å². The Balaban J connectivity index is 2.08. The summed E-state index contributed by atoms with van der Waals surface area (Å²) in [6.07, 6.45) is 3.70. The lowest BCUT2D eigenvalue weighted by Gasteiger charge is -2.17. The summed E-state index contributed by atoms with van der Waals surface area (Å²) >= 11 is 0. The van der Waals surface area contributed by atoms with E-state index in [1.165, 1.54) is 5.56 Å². The summed E-state index contributed by atoms with van der Waals surface area (Å²) in [5.41, 5.74) is 2.03. The molecule has 0 aliphatic carbocycles. The Morgan fingerprint density at radius 2 is 2.24 bits per heavy atom. The molecule has 0 radical (unpaired) electrons. The van der Waals surface area contributed by atoms with Gasteiger partial charge >= 0.3 is 0 Å². The van der Waals surface area contributed by atoms with Crippen molar-refractivity contribution in [2.75, 3.05) is 6.61 Å². The molecule has 1 aliphatic rings. The number of hydrogen-bond acceptors (Lipinski definition) is 2. The maximum atomic E-state index is 12.0. The van der Waals surface area contributed by atoms with Gasteiger partial charge in [-0.2, -0.15) is 0 Å². The van der Waals surface area contributed by atoms with E-state index in [0.717, 1.165) is 37.2 Å². The highest BCUT2D eigenvalue weighted by Gasteiger charge is 2.13. The smallest absolute Gasteiger partial charge is 0.162 e. The number of Topliss-reactive ketones (excluding diaryl/α,β-unsaturated/α-hetero) is 1. The van der Waals surface area contributed by atoms with Crippen LogP contribution in [0.5, 0.6) is 5.75 Å². The predicted molar refractivity (Wildman–Crippen MR) is 68.7 cm³/mol. The van der Waals surface area contributed by atoms with Gasteiger partial charge in [0.25, 0.3) is 0 Å². The molecular weight excluding hydrogens is 212 g/mol. The van der Waals surface area contributed by atoms with E-state index >= 15 is 0 Å². The number of aryl methyl sites for hydroxylation is 1. The molecular formula is C15H20O2. The Morgan fingerprint density at radius 3 is 3.00 bits per heavy atom. The fourth-order valence-corrected chi connectivity index (χ4v) is 2.10. The average molecular weight is 232 g/mol. The van der Waals surface area contributed by atoms with Crippen molar-refractivity contribution in [3.05, 3.63) is 29.3 Å². The molecule has 17 heavy (non-hydrogen) atoms. The highest BCUT2D eigenvalue weighted by Crippen LogP contribution is 2.26. The number of hydrogen-bond donors (Lipinski definition) is 0. The summed E-state index contributed by atoms with van der Waals surface area (Å²) in [5, 5.41) is 0. The van der Waals surface area contributed by atoms with Crippen LogP contribution < -0.4 is 4.74 Å². The first-order valence-corrected chi connectivity index (χ1v) is 6.46. The molecule has 0 spiro atoms. The second-order valence-corrected chi connectivity index (χ2v) is 5.13. The predicted octanol–water partition coefficient (Wildman–Crippen LogP) is 3.63. The van der Waals surface area contributed by atoms with Crippen molar-refractivity contribution in [1.82, 2.24) is 0 Å². The van der Waals surface area contributed by atoms with E-state index < -0.39 is 0 Å². The lowest BCUT2D eigenvalue weighted by atomic mass is 9.97. The van der Waals surface area contributed by atoms with Crippen LogP contribution in [0, 0.1) is 5.92 Å². The summed E-state index contributed by atoms with van der Waals surface area (Å²) in [6.45, 7) is 5.09. The van der Waals surface area contributed by atoms with E-state index in [2.05, 4.69) is 13.8 Å². The molecule has 2 heteroatoms. The number of ketones is 1. The normalized spacial score (nSPS) is 14.3. The molecule has 0 atom stereocenters. The van der Waals surface area contributed by atoms with Gasteiger partial charge in [-0.3, -0.25) is 4.79 Å². The van der Waals surface area contributed by atoms with Crippen molar-refractivity contribution in [3.8, 4) is 5.75 Å². The van der Waals surface area contributed by atoms with Crippen LogP contribution in [-0.2, 0) is 6.42 Å². The molecule has 0 aromatic heterocycles. The van der Waals surface area contributed by atoms with Crippen LogP contribution in [0.2, 0.25) is 0 Å². The molecule has 92 valence electrons. The Morgan fingerprint density at radius 1 is 1.41 bits per heavy atom. The largest absolute Gasteiger partial charge is 0.493 e. The van der Waals surface area contributed by atoms with Gasteiger partial charge in [0.1, 0.15) is 5.75 Å². The maximum absolute atomic E-state index is 12.0. The fraction of sp³-hybridized carbons (Fsp3) is 0.533. The molecule has 0 bridgehead atoms. The highest BCUT2D eigenvalue weighted by atomic mass is 16.5. The van der Waals surface area contributed by atoms with E-state index in [9.17, 15) is 4.79 Å². The van der Waals surface area contributed by atoms with Crippen LogP contribution in [0.1, 0.15) is 49.0 Å². The molecule has 2 nitrogen and oxygen atoms in total. The van der Waals surface area contributed by atoms with Gasteiger partial charge in [-0.05, 0) is 48.9 Å². The molecule has 1 aromatic rings. The van der Waals surface area contributed by atoms with Crippen molar-refractivity contribution in [1.29, 1.82) is 0 Å². The second kappa shape index (κ2) is 5.35. The number of benzene rings is 1. The lowest BCUT2D eigenvalue weighted by Crippen LogP contribution is -2.10. The lowest BCUT2D eigenvalue weighted by molar-refractivity contribution is 0.0975. The number of carbonyl (C=O) groups excluding carboxylic acids is 1. The SMILES string of the molecule is CC(C)CCC(=O)c1ccc2c(c1)CCCO2. The van der Waals surface area contributed by atoms with Gasteiger partial charge in [0, 0.05) is 12.0 Å². The van der Waals surface area contributed by atoms with Gasteiger partial charge in [-0.25, -0.2) is 0 Å². The van der Waals surface area contributed by atoms with E-state index in [-0.39, 0.29) is 5.78 Å². The summed E-state index contributed by atoms with van der Waals surface area (Å²) in [5.74, 6) is 1.80. The Labute approximate surface area is 103 Å². The minimum absolute atomic E-state index is 0.257. The summed E-state index contributed by atoms with van der Waals surface area (Å²) < 4.78 is 5.55. The van der Waals surface area contributed by atoms with E-state index in [0.29, 0.717) is 12.3 Å². The standard InChI is InChI=1S/C15H20O2/c1-11(2)5-7-14(16)12-6-8-15-13(10-12)4-3-9-17-15/h6,8,10-11H,3-5,7,9H2,1-2H3. The van der Waals surface area contributed by atoms with Crippen LogP contribution in [0.25, 0.3) is 0 Å². The van der Waals surface area contributed by atoms with E-state index in [1.807, 2.05) is 18.2 Å². The van der Waals surface area contributed by atoms with Crippen LogP contribution in [0.3, 0.4) is 0 Å². The molecule has 0 saturated heterocycles. The first-order chi connectivity index (χ1) is 8.16. The monoisotopic (exact) mass is 232 g/mol. The molecule has 1 aliphatic heterocycles. The summed E-state index contributed by atoms with van der Waals surface area (Å²) in [7, 11) is 0. The van der Waals surface area contributed by atoms with Crippen molar-refractivity contribution < 1.29 is 9.53 Å². The van der Waals surface area contributed by atoms with Gasteiger partial charge in [-0.1, -0.05) is 13.8 Å². The summed E-state index contributed by atoms with van der Waals surface area (Å²) in [6, 6.07) is 5.85. The fourth-order valence-electron chi connectivity index (χ4n) is 2.10. The van der Waals surface area contributed by atoms with Gasteiger partial charge in [0.2, 0.25) is 0 Å². The van der Waals surface area contributed by atoms with Crippen molar-refractivity contribution in [2.24, 2.45) is 5.92 Å². The van der Waals surface area contributed by atoms with Crippen molar-refractivity contribution in [3.63, 3.8) is 0 Å². The first kappa shape index (κ1) is 12.2. The van der Waals surface area contributed by atoms with Gasteiger partial charge < -0.3 is 4.74 Å². The third kappa shape index (κ3) is 3.09.